The van der Waals surface area contributed by atoms with Crippen LogP contribution in [0.2, 0.25) is 5.02 Å². The van der Waals surface area contributed by atoms with Gasteiger partial charge >= 0.3 is 0 Å². The molecule has 0 saturated heterocycles. The summed E-state index contributed by atoms with van der Waals surface area (Å²) in [5.41, 5.74) is 7.85. The highest BCUT2D eigenvalue weighted by molar-refractivity contribution is 8.13. The number of halogens is 1. The van der Waals surface area contributed by atoms with Gasteiger partial charge < -0.3 is 11.1 Å². The zero-order valence-corrected chi connectivity index (χ0v) is 14.3. The van der Waals surface area contributed by atoms with Gasteiger partial charge in [0.2, 0.25) is 0 Å². The van der Waals surface area contributed by atoms with E-state index < -0.39 is 0 Å². The summed E-state index contributed by atoms with van der Waals surface area (Å²) in [5, 5.41) is 4.02. The van der Waals surface area contributed by atoms with Gasteiger partial charge in [0.15, 0.2) is 5.17 Å². The van der Waals surface area contributed by atoms with Crippen molar-refractivity contribution < 1.29 is 4.79 Å². The summed E-state index contributed by atoms with van der Waals surface area (Å²) in [6, 6.07) is 11.0. The monoisotopic (exact) mass is 358 g/mol. The summed E-state index contributed by atoms with van der Waals surface area (Å²) in [4.78, 5) is 21.0. The molecule has 4 rings (SSSR count). The molecule has 1 aromatic carbocycles. The molecule has 1 amide bonds. The number of rotatable bonds is 3. The Bertz CT molecular complexity index is 839. The molecule has 0 radical (unpaired) electrons. The van der Waals surface area contributed by atoms with Gasteiger partial charge in [-0.15, -0.1) is 0 Å². The molecule has 1 saturated carbocycles. The van der Waals surface area contributed by atoms with Crippen LogP contribution in [0.5, 0.6) is 0 Å². The molecule has 1 fully saturated rings. The molecule has 2 aliphatic rings. The summed E-state index contributed by atoms with van der Waals surface area (Å²) in [7, 11) is 0. The fourth-order valence-electron chi connectivity index (χ4n) is 3.05. The minimum Gasteiger partial charge on any atom is -0.379 e. The average Bonchev–Trinajstić information content (AvgIpc) is 3.30. The van der Waals surface area contributed by atoms with Crippen molar-refractivity contribution in [1.82, 2.24) is 4.98 Å². The van der Waals surface area contributed by atoms with Crippen LogP contribution in [0, 0.1) is 5.92 Å². The van der Waals surface area contributed by atoms with Crippen LogP contribution in [0.4, 0.5) is 5.69 Å². The lowest BCUT2D eigenvalue weighted by molar-refractivity contribution is 0.102. The maximum Gasteiger partial charge on any atom is 0.274 e. The van der Waals surface area contributed by atoms with E-state index in [1.54, 1.807) is 23.9 Å². The lowest BCUT2D eigenvalue weighted by Gasteiger charge is -2.19. The van der Waals surface area contributed by atoms with Gasteiger partial charge in [0.05, 0.1) is 10.6 Å². The molecule has 0 spiro atoms. The summed E-state index contributed by atoms with van der Waals surface area (Å²) in [5.74, 6) is 1.26. The zero-order chi connectivity index (χ0) is 16.7. The van der Waals surface area contributed by atoms with E-state index in [0.717, 1.165) is 23.4 Å². The minimum atomic E-state index is -0.268. The first-order valence-corrected chi connectivity index (χ1v) is 8.95. The average molecular weight is 359 g/mol. The molecule has 2 aromatic rings. The second-order valence-electron chi connectivity index (χ2n) is 5.98. The van der Waals surface area contributed by atoms with Gasteiger partial charge in [0, 0.05) is 23.6 Å². The van der Waals surface area contributed by atoms with Gasteiger partial charge in [-0.1, -0.05) is 35.5 Å². The maximum absolute atomic E-state index is 12.3. The third kappa shape index (κ3) is 2.76. The third-order valence-corrected chi connectivity index (χ3v) is 5.57. The van der Waals surface area contributed by atoms with Crippen LogP contribution < -0.4 is 11.1 Å². The van der Waals surface area contributed by atoms with Crippen LogP contribution >= 0.6 is 23.4 Å². The second-order valence-corrected chi connectivity index (χ2v) is 7.46. The second kappa shape index (κ2) is 5.79. The molecule has 0 unspecified atom stereocenters. The van der Waals surface area contributed by atoms with E-state index in [0.29, 0.717) is 21.8 Å². The summed E-state index contributed by atoms with van der Waals surface area (Å²) in [6.07, 6.45) is 2.47. The first kappa shape index (κ1) is 15.5. The first-order chi connectivity index (χ1) is 11.6. The molecular formula is C17H15ClN4OS. The van der Waals surface area contributed by atoms with Gasteiger partial charge in [-0.25, -0.2) is 4.98 Å². The lowest BCUT2D eigenvalue weighted by atomic mass is 10.0. The number of hydrogen-bond acceptors (Lipinski definition) is 5. The van der Waals surface area contributed by atoms with Gasteiger partial charge in [0.25, 0.3) is 5.91 Å². The topological polar surface area (TPSA) is 80.4 Å². The Labute approximate surface area is 148 Å². The van der Waals surface area contributed by atoms with Crippen molar-refractivity contribution in [2.24, 2.45) is 16.6 Å². The lowest BCUT2D eigenvalue weighted by Crippen LogP contribution is -2.21. The summed E-state index contributed by atoms with van der Waals surface area (Å²) >= 11 is 7.41. The standard InChI is InChI=1S/C17H15ClN4OS/c18-12-4-5-14(20-8-12)15(23)21-13-3-1-2-10(6-13)17-7-11(17)9-24-16(19)22-17/h1-6,8,11H,7,9H2,(H2,19,22)(H,21,23)/t11-,17+/m0/s1. The van der Waals surface area contributed by atoms with Crippen LogP contribution in [0.3, 0.4) is 0 Å². The maximum atomic E-state index is 12.3. The Morgan fingerprint density at radius 2 is 2.25 bits per heavy atom. The minimum absolute atomic E-state index is 0.200. The van der Waals surface area contributed by atoms with Crippen molar-refractivity contribution in [3.05, 3.63) is 58.9 Å². The van der Waals surface area contributed by atoms with Crippen LogP contribution in [-0.2, 0) is 5.54 Å². The van der Waals surface area contributed by atoms with Crippen molar-refractivity contribution in [3.8, 4) is 0 Å². The number of nitrogens with zero attached hydrogens (tertiary/aromatic N) is 2. The largest absolute Gasteiger partial charge is 0.379 e. The van der Waals surface area contributed by atoms with Gasteiger partial charge in [0.1, 0.15) is 5.69 Å². The van der Waals surface area contributed by atoms with Crippen molar-refractivity contribution >= 4 is 40.1 Å². The molecule has 24 heavy (non-hydrogen) atoms. The number of carbonyl (C=O) groups is 1. The number of hydrogen-bond donors (Lipinski definition) is 2. The molecule has 2 atom stereocenters. The highest BCUT2D eigenvalue weighted by Crippen LogP contribution is 2.59. The number of amides is 1. The SMILES string of the molecule is NC1=N[C@@]2(c3cccc(NC(=O)c4ccc(Cl)cn4)c3)C[C@H]2CS1. The molecule has 1 aliphatic carbocycles. The predicted molar refractivity (Wildman–Crippen MR) is 97.5 cm³/mol. The number of amidine groups is 1. The molecule has 122 valence electrons. The van der Waals surface area contributed by atoms with Crippen LogP contribution in [0.15, 0.2) is 47.6 Å². The van der Waals surface area contributed by atoms with E-state index >= 15 is 0 Å². The van der Waals surface area contributed by atoms with E-state index in [4.69, 9.17) is 17.3 Å². The molecule has 7 heteroatoms. The van der Waals surface area contributed by atoms with Crippen molar-refractivity contribution in [3.63, 3.8) is 0 Å². The predicted octanol–water partition coefficient (Wildman–Crippen LogP) is 3.26. The number of nitrogens with two attached hydrogens (primary N) is 1. The molecule has 2 heterocycles. The molecule has 3 N–H and O–H groups in total. The quantitative estimate of drug-likeness (QED) is 0.882. The van der Waals surface area contributed by atoms with Gasteiger partial charge in [-0.2, -0.15) is 0 Å². The molecular weight excluding hydrogens is 344 g/mol. The zero-order valence-electron chi connectivity index (χ0n) is 12.7. The highest BCUT2D eigenvalue weighted by atomic mass is 35.5. The number of benzene rings is 1. The number of nitrogens with one attached hydrogen (secondary N) is 1. The van der Waals surface area contributed by atoms with Crippen molar-refractivity contribution in [2.45, 2.75) is 12.0 Å². The fraction of sp³-hybridized carbons (Fsp3) is 0.235. The molecule has 1 aliphatic heterocycles. The van der Waals surface area contributed by atoms with Crippen LogP contribution in [0.1, 0.15) is 22.5 Å². The van der Waals surface area contributed by atoms with E-state index in [9.17, 15) is 4.79 Å². The van der Waals surface area contributed by atoms with E-state index in [2.05, 4.69) is 15.3 Å². The first-order valence-electron chi connectivity index (χ1n) is 7.58. The Morgan fingerprint density at radius 3 is 3.04 bits per heavy atom. The third-order valence-electron chi connectivity index (χ3n) is 4.40. The van der Waals surface area contributed by atoms with E-state index in [1.807, 2.05) is 24.3 Å². The summed E-state index contributed by atoms with van der Waals surface area (Å²) < 4.78 is 0. The Morgan fingerprint density at radius 1 is 1.38 bits per heavy atom. The number of pyridine rings is 1. The number of carbonyl (C=O) groups excluding carboxylic acids is 1. The van der Waals surface area contributed by atoms with Crippen molar-refractivity contribution in [1.29, 1.82) is 0 Å². The fourth-order valence-corrected chi connectivity index (χ4v) is 4.16. The van der Waals surface area contributed by atoms with Crippen LogP contribution in [-0.4, -0.2) is 21.8 Å². The Kier molecular flexibility index (Phi) is 3.73. The summed E-state index contributed by atoms with van der Waals surface area (Å²) in [6.45, 7) is 0. The molecule has 5 nitrogen and oxygen atoms in total. The smallest absolute Gasteiger partial charge is 0.274 e. The van der Waals surface area contributed by atoms with E-state index in [1.165, 1.54) is 6.20 Å². The Balaban J connectivity index is 1.57. The number of thioether (sulfide) groups is 1. The van der Waals surface area contributed by atoms with Gasteiger partial charge in [-0.3, -0.25) is 9.79 Å². The number of aromatic nitrogens is 1. The van der Waals surface area contributed by atoms with Crippen molar-refractivity contribution in [2.75, 3.05) is 11.1 Å². The molecule has 1 aromatic heterocycles. The highest BCUT2D eigenvalue weighted by Gasteiger charge is 2.57. The number of fused-ring (bicyclic) bond motifs is 1. The number of anilines is 1. The van der Waals surface area contributed by atoms with Gasteiger partial charge in [-0.05, 0) is 36.2 Å². The normalized spacial score (nSPS) is 24.7. The van der Waals surface area contributed by atoms with E-state index in [-0.39, 0.29) is 11.4 Å². The number of aliphatic imine (C=N–C) groups is 1. The van der Waals surface area contributed by atoms with Crippen LogP contribution in [0.25, 0.3) is 0 Å². The molecule has 0 bridgehead atoms. The Hall–Kier alpha value is -2.05.